The summed E-state index contributed by atoms with van der Waals surface area (Å²) in [6.45, 7) is 4.42. The lowest BCUT2D eigenvalue weighted by Crippen LogP contribution is -2.09. The van der Waals surface area contributed by atoms with Crippen molar-refractivity contribution in [3.05, 3.63) is 63.7 Å². The Balaban J connectivity index is 1.55. The Morgan fingerprint density at radius 2 is 1.73 bits per heavy atom. The summed E-state index contributed by atoms with van der Waals surface area (Å²) >= 11 is 11.9. The Hall–Kier alpha value is -2.44. The highest BCUT2D eigenvalue weighted by atomic mass is 35.5. The largest absolute Gasteiger partial charge is 0.438 e. The fourth-order valence-corrected chi connectivity index (χ4v) is 2.60. The smallest absolute Gasteiger partial charge is 0.238 e. The van der Waals surface area contributed by atoms with E-state index in [0.717, 1.165) is 17.7 Å². The van der Waals surface area contributed by atoms with Gasteiger partial charge in [0.2, 0.25) is 5.88 Å². The molecule has 2 aromatic heterocycles. The molecule has 0 amide bonds. The van der Waals surface area contributed by atoms with Crippen molar-refractivity contribution in [3.8, 4) is 11.6 Å². The molecule has 0 saturated heterocycles. The Bertz CT molecular complexity index is 885. The highest BCUT2D eigenvalue weighted by Gasteiger charge is 2.07. The average Bonchev–Trinajstić information content (AvgIpc) is 2.62. The van der Waals surface area contributed by atoms with E-state index in [2.05, 4.69) is 25.5 Å². The molecule has 0 aliphatic heterocycles. The minimum atomic E-state index is 0.328. The van der Waals surface area contributed by atoms with Gasteiger partial charge in [-0.3, -0.25) is 0 Å². The third-order valence-corrected chi connectivity index (χ3v) is 4.24. The maximum absolute atomic E-state index is 6.23. The molecule has 0 atom stereocenters. The summed E-state index contributed by atoms with van der Waals surface area (Å²) in [5.74, 6) is 2.44. The van der Waals surface area contributed by atoms with Gasteiger partial charge in [0, 0.05) is 12.6 Å². The summed E-state index contributed by atoms with van der Waals surface area (Å²) in [6.07, 6.45) is 0.819. The lowest BCUT2D eigenvalue weighted by atomic mass is 10.1. The SMILES string of the molecule is Cc1nc(C)c(Cl)c(NCCc2ccc(Oc3ccc(Cl)nn3)cc2)n1. The van der Waals surface area contributed by atoms with Crippen LogP contribution in [0.15, 0.2) is 36.4 Å². The summed E-state index contributed by atoms with van der Waals surface area (Å²) in [5.41, 5.74) is 1.93. The summed E-state index contributed by atoms with van der Waals surface area (Å²) in [4.78, 5) is 8.57. The van der Waals surface area contributed by atoms with E-state index in [1.165, 1.54) is 0 Å². The maximum Gasteiger partial charge on any atom is 0.238 e. The Morgan fingerprint density at radius 3 is 2.42 bits per heavy atom. The third-order valence-electron chi connectivity index (χ3n) is 3.59. The summed E-state index contributed by atoms with van der Waals surface area (Å²) in [7, 11) is 0. The second kappa shape index (κ2) is 8.29. The number of ether oxygens (including phenoxy) is 1. The van der Waals surface area contributed by atoms with Crippen LogP contribution in [-0.4, -0.2) is 26.7 Å². The van der Waals surface area contributed by atoms with Crippen LogP contribution in [0.25, 0.3) is 0 Å². The molecule has 8 heteroatoms. The van der Waals surface area contributed by atoms with Crippen molar-refractivity contribution in [2.45, 2.75) is 20.3 Å². The molecule has 0 aliphatic carbocycles. The molecule has 6 nitrogen and oxygen atoms in total. The molecular weight excluding hydrogens is 373 g/mol. The average molecular weight is 390 g/mol. The third kappa shape index (κ3) is 4.80. The van der Waals surface area contributed by atoms with Gasteiger partial charge in [-0.05, 0) is 44.0 Å². The molecule has 3 rings (SSSR count). The second-order valence-electron chi connectivity index (χ2n) is 5.64. The van der Waals surface area contributed by atoms with E-state index < -0.39 is 0 Å². The Kier molecular flexibility index (Phi) is 5.85. The molecule has 0 fully saturated rings. The topological polar surface area (TPSA) is 72.8 Å². The molecule has 0 bridgehead atoms. The zero-order valence-electron chi connectivity index (χ0n) is 14.3. The van der Waals surface area contributed by atoms with Gasteiger partial charge in [-0.25, -0.2) is 9.97 Å². The predicted octanol–water partition coefficient (Wildman–Crippen LogP) is 4.64. The highest BCUT2D eigenvalue weighted by molar-refractivity contribution is 6.33. The molecule has 0 unspecified atom stereocenters. The van der Waals surface area contributed by atoms with Crippen LogP contribution in [0.4, 0.5) is 5.82 Å². The molecule has 3 aromatic rings. The number of halogens is 2. The molecule has 26 heavy (non-hydrogen) atoms. The molecule has 0 spiro atoms. The van der Waals surface area contributed by atoms with E-state index in [-0.39, 0.29) is 0 Å². The zero-order chi connectivity index (χ0) is 18.5. The van der Waals surface area contributed by atoms with Crippen molar-refractivity contribution in [2.24, 2.45) is 0 Å². The number of aryl methyl sites for hydroxylation is 2. The van der Waals surface area contributed by atoms with Crippen molar-refractivity contribution < 1.29 is 4.74 Å². The number of hydrogen-bond donors (Lipinski definition) is 1. The van der Waals surface area contributed by atoms with Crippen LogP contribution in [0.2, 0.25) is 10.2 Å². The second-order valence-corrected chi connectivity index (χ2v) is 6.40. The Labute approximate surface area is 161 Å². The zero-order valence-corrected chi connectivity index (χ0v) is 15.8. The highest BCUT2D eigenvalue weighted by Crippen LogP contribution is 2.23. The number of benzene rings is 1. The van der Waals surface area contributed by atoms with Crippen LogP contribution < -0.4 is 10.1 Å². The van der Waals surface area contributed by atoms with E-state index >= 15 is 0 Å². The van der Waals surface area contributed by atoms with Crippen molar-refractivity contribution in [1.29, 1.82) is 0 Å². The number of hydrogen-bond acceptors (Lipinski definition) is 6. The number of rotatable bonds is 6. The molecule has 2 heterocycles. The van der Waals surface area contributed by atoms with Crippen molar-refractivity contribution >= 4 is 29.0 Å². The van der Waals surface area contributed by atoms with Crippen molar-refractivity contribution in [1.82, 2.24) is 20.2 Å². The quantitative estimate of drug-likeness (QED) is 0.661. The summed E-state index contributed by atoms with van der Waals surface area (Å²) in [5, 5.41) is 11.7. The van der Waals surface area contributed by atoms with Gasteiger partial charge in [-0.15, -0.1) is 10.2 Å². The molecule has 0 saturated carbocycles. The van der Waals surface area contributed by atoms with Gasteiger partial charge in [0.15, 0.2) is 5.15 Å². The number of nitrogens with zero attached hydrogens (tertiary/aromatic N) is 4. The first-order valence-corrected chi connectivity index (χ1v) is 8.77. The lowest BCUT2D eigenvalue weighted by Gasteiger charge is -2.10. The van der Waals surface area contributed by atoms with Gasteiger partial charge in [-0.1, -0.05) is 35.3 Å². The summed E-state index contributed by atoms with van der Waals surface area (Å²) in [6, 6.07) is 11.1. The first-order valence-electron chi connectivity index (χ1n) is 8.02. The molecule has 0 aliphatic rings. The minimum Gasteiger partial charge on any atom is -0.438 e. The van der Waals surface area contributed by atoms with Crippen LogP contribution in [0.3, 0.4) is 0 Å². The van der Waals surface area contributed by atoms with E-state index in [9.17, 15) is 0 Å². The van der Waals surface area contributed by atoms with Gasteiger partial charge < -0.3 is 10.1 Å². The van der Waals surface area contributed by atoms with Crippen LogP contribution >= 0.6 is 23.2 Å². The van der Waals surface area contributed by atoms with Crippen LogP contribution in [0, 0.1) is 13.8 Å². The monoisotopic (exact) mass is 389 g/mol. The predicted molar refractivity (Wildman–Crippen MR) is 102 cm³/mol. The van der Waals surface area contributed by atoms with Gasteiger partial charge >= 0.3 is 0 Å². The van der Waals surface area contributed by atoms with Crippen molar-refractivity contribution in [3.63, 3.8) is 0 Å². The maximum atomic E-state index is 6.23. The normalized spacial score (nSPS) is 10.6. The Morgan fingerprint density at radius 1 is 0.962 bits per heavy atom. The van der Waals surface area contributed by atoms with E-state index in [1.807, 2.05) is 38.1 Å². The lowest BCUT2D eigenvalue weighted by molar-refractivity contribution is 0.455. The first-order chi connectivity index (χ1) is 12.5. The van der Waals surface area contributed by atoms with E-state index in [4.69, 9.17) is 27.9 Å². The molecular formula is C18H17Cl2N5O. The van der Waals surface area contributed by atoms with E-state index in [0.29, 0.717) is 40.0 Å². The minimum absolute atomic E-state index is 0.328. The number of anilines is 1. The van der Waals surface area contributed by atoms with E-state index in [1.54, 1.807) is 12.1 Å². The molecule has 0 radical (unpaired) electrons. The van der Waals surface area contributed by atoms with Gasteiger partial charge in [-0.2, -0.15) is 0 Å². The van der Waals surface area contributed by atoms with Crippen molar-refractivity contribution in [2.75, 3.05) is 11.9 Å². The van der Waals surface area contributed by atoms with Crippen LogP contribution in [0.5, 0.6) is 11.6 Å². The number of aromatic nitrogens is 4. The standard InChI is InChI=1S/C18H17Cl2N5O/c1-11-17(20)18(23-12(2)22-11)21-10-9-13-3-5-14(6-4-13)26-16-8-7-15(19)24-25-16/h3-8H,9-10H2,1-2H3,(H,21,22,23). The van der Waals surface area contributed by atoms with Crippen LogP contribution in [-0.2, 0) is 6.42 Å². The van der Waals surface area contributed by atoms with Gasteiger partial charge in [0.05, 0.1) is 5.69 Å². The number of nitrogens with one attached hydrogen (secondary N) is 1. The fourth-order valence-electron chi connectivity index (χ4n) is 2.34. The first kappa shape index (κ1) is 18.4. The van der Waals surface area contributed by atoms with Gasteiger partial charge in [0.1, 0.15) is 22.4 Å². The summed E-state index contributed by atoms with van der Waals surface area (Å²) < 4.78 is 5.62. The fraction of sp³-hybridized carbons (Fsp3) is 0.222. The molecule has 1 N–H and O–H groups in total. The molecule has 1 aromatic carbocycles. The molecule has 134 valence electrons. The van der Waals surface area contributed by atoms with Gasteiger partial charge in [0.25, 0.3) is 0 Å². The van der Waals surface area contributed by atoms with Crippen LogP contribution in [0.1, 0.15) is 17.1 Å².